The van der Waals surface area contributed by atoms with Gasteiger partial charge in [-0.25, -0.2) is 17.7 Å². The number of carbonyl (C=O) groups is 1. The highest BCUT2D eigenvalue weighted by molar-refractivity contribution is 7.93. The lowest BCUT2D eigenvalue weighted by molar-refractivity contribution is -0.274. The Morgan fingerprint density at radius 2 is 1.88 bits per heavy atom. The van der Waals surface area contributed by atoms with Crippen molar-refractivity contribution in [1.82, 2.24) is 4.98 Å². The lowest BCUT2D eigenvalue weighted by atomic mass is 10.2. The monoisotopic (exact) mass is 487 g/mol. The summed E-state index contributed by atoms with van der Waals surface area (Å²) in [5.74, 6) is -1.23. The van der Waals surface area contributed by atoms with Crippen molar-refractivity contribution < 1.29 is 35.9 Å². The Morgan fingerprint density at radius 3 is 2.41 bits per heavy atom. The summed E-state index contributed by atoms with van der Waals surface area (Å²) in [4.78, 5) is 15.2. The lowest BCUT2D eigenvalue weighted by Gasteiger charge is -2.23. The van der Waals surface area contributed by atoms with Gasteiger partial charge < -0.3 is 15.2 Å². The van der Waals surface area contributed by atoms with E-state index in [-0.39, 0.29) is 33.4 Å². The number of aromatic nitrogens is 1. The van der Waals surface area contributed by atoms with Gasteiger partial charge in [0.05, 0.1) is 18.6 Å². The number of carbonyl (C=O) groups excluding carboxylic acids is 1. The van der Waals surface area contributed by atoms with Gasteiger partial charge in [-0.3, -0.25) is 4.79 Å². The molecule has 0 radical (unpaired) electrons. The van der Waals surface area contributed by atoms with E-state index >= 15 is 0 Å². The van der Waals surface area contributed by atoms with E-state index in [1.165, 1.54) is 43.6 Å². The maximum absolute atomic E-state index is 13.3. The zero-order valence-electron chi connectivity index (χ0n) is 16.4. The molecule has 3 aromatic rings. The van der Waals surface area contributed by atoms with Crippen LogP contribution in [-0.2, 0) is 16.6 Å². The van der Waals surface area contributed by atoms with Crippen LogP contribution in [0.1, 0.15) is 15.9 Å². The molecule has 170 valence electrons. The molecule has 1 heterocycles. The SMILES string of the molecule is COc1cc(OC(F)(F)F)ccc1CN(c1nccs1)S(=O)(=O)c1ccc(C(N)=O)cc1. The van der Waals surface area contributed by atoms with Crippen LogP contribution in [0.4, 0.5) is 18.3 Å². The molecule has 1 amide bonds. The van der Waals surface area contributed by atoms with E-state index in [1.807, 2.05) is 0 Å². The van der Waals surface area contributed by atoms with Gasteiger partial charge in [-0.15, -0.1) is 24.5 Å². The molecule has 0 saturated carbocycles. The Bertz CT molecular complexity index is 1200. The second kappa shape index (κ2) is 9.04. The van der Waals surface area contributed by atoms with Gasteiger partial charge in [-0.05, 0) is 36.4 Å². The summed E-state index contributed by atoms with van der Waals surface area (Å²) in [5.41, 5.74) is 5.60. The van der Waals surface area contributed by atoms with Crippen molar-refractivity contribution >= 4 is 32.4 Å². The van der Waals surface area contributed by atoms with Crippen molar-refractivity contribution in [2.75, 3.05) is 11.4 Å². The molecular formula is C19H16F3N3O5S2. The van der Waals surface area contributed by atoms with Crippen LogP contribution in [0.15, 0.2) is 58.9 Å². The maximum atomic E-state index is 13.3. The van der Waals surface area contributed by atoms with Gasteiger partial charge in [0, 0.05) is 28.8 Å². The van der Waals surface area contributed by atoms with Gasteiger partial charge in [-0.1, -0.05) is 0 Å². The first kappa shape index (κ1) is 23.3. The van der Waals surface area contributed by atoms with Gasteiger partial charge in [0.1, 0.15) is 11.5 Å². The fourth-order valence-electron chi connectivity index (χ4n) is 2.72. The molecule has 3 rings (SSSR count). The Morgan fingerprint density at radius 1 is 1.19 bits per heavy atom. The van der Waals surface area contributed by atoms with Crippen LogP contribution in [0.2, 0.25) is 0 Å². The van der Waals surface area contributed by atoms with E-state index < -0.39 is 28.0 Å². The predicted molar refractivity (Wildman–Crippen MR) is 110 cm³/mol. The number of rotatable bonds is 8. The lowest BCUT2D eigenvalue weighted by Crippen LogP contribution is -2.30. The number of amides is 1. The molecule has 0 aliphatic heterocycles. The minimum Gasteiger partial charge on any atom is -0.496 e. The molecule has 2 aromatic carbocycles. The summed E-state index contributed by atoms with van der Waals surface area (Å²) in [7, 11) is -2.93. The van der Waals surface area contributed by atoms with Crippen LogP contribution in [0, 0.1) is 0 Å². The maximum Gasteiger partial charge on any atom is 0.573 e. The predicted octanol–water partition coefficient (Wildman–Crippen LogP) is 3.54. The summed E-state index contributed by atoms with van der Waals surface area (Å²) < 4.78 is 74.2. The number of benzene rings is 2. The Balaban J connectivity index is 2.00. The van der Waals surface area contributed by atoms with E-state index in [9.17, 15) is 26.4 Å². The van der Waals surface area contributed by atoms with Gasteiger partial charge in [-0.2, -0.15) is 0 Å². The van der Waals surface area contributed by atoms with E-state index in [0.717, 1.165) is 27.8 Å². The molecule has 0 bridgehead atoms. The topological polar surface area (TPSA) is 112 Å². The molecule has 0 saturated heterocycles. The average molecular weight is 487 g/mol. The first-order valence-electron chi connectivity index (χ1n) is 8.76. The fraction of sp³-hybridized carbons (Fsp3) is 0.158. The summed E-state index contributed by atoms with van der Waals surface area (Å²) in [6, 6.07) is 8.35. The fourth-order valence-corrected chi connectivity index (χ4v) is 4.99. The number of nitrogens with zero attached hydrogens (tertiary/aromatic N) is 2. The summed E-state index contributed by atoms with van der Waals surface area (Å²) in [6.07, 6.45) is -3.48. The highest BCUT2D eigenvalue weighted by atomic mass is 32.2. The second-order valence-corrected chi connectivity index (χ2v) is 8.97. The van der Waals surface area contributed by atoms with Crippen LogP contribution in [0.3, 0.4) is 0 Å². The first-order valence-corrected chi connectivity index (χ1v) is 11.1. The number of thiazole rings is 1. The van der Waals surface area contributed by atoms with Gasteiger partial charge in [0.2, 0.25) is 5.91 Å². The number of hydrogen-bond donors (Lipinski definition) is 1. The number of alkyl halides is 3. The molecule has 32 heavy (non-hydrogen) atoms. The number of halogens is 3. The normalized spacial score (nSPS) is 11.8. The van der Waals surface area contributed by atoms with Crippen molar-refractivity contribution in [2.45, 2.75) is 17.8 Å². The molecule has 0 unspecified atom stereocenters. The zero-order chi connectivity index (χ0) is 23.5. The van der Waals surface area contributed by atoms with Crippen molar-refractivity contribution in [1.29, 1.82) is 0 Å². The third-order valence-corrected chi connectivity index (χ3v) is 6.83. The van der Waals surface area contributed by atoms with Crippen LogP contribution in [-0.4, -0.2) is 32.8 Å². The number of methoxy groups -OCH3 is 1. The van der Waals surface area contributed by atoms with Crippen molar-refractivity contribution in [3.05, 3.63) is 65.2 Å². The molecule has 13 heteroatoms. The number of anilines is 1. The smallest absolute Gasteiger partial charge is 0.496 e. The van der Waals surface area contributed by atoms with E-state index in [4.69, 9.17) is 10.5 Å². The first-order chi connectivity index (χ1) is 15.0. The van der Waals surface area contributed by atoms with Crippen molar-refractivity contribution in [2.24, 2.45) is 5.73 Å². The molecule has 2 N–H and O–H groups in total. The van der Waals surface area contributed by atoms with Crippen LogP contribution in [0.5, 0.6) is 11.5 Å². The Hall–Kier alpha value is -3.32. The van der Waals surface area contributed by atoms with E-state index in [2.05, 4.69) is 9.72 Å². The second-order valence-electron chi connectivity index (χ2n) is 6.24. The molecule has 0 aliphatic carbocycles. The highest BCUT2D eigenvalue weighted by Crippen LogP contribution is 2.33. The Kier molecular flexibility index (Phi) is 6.60. The average Bonchev–Trinajstić information content (AvgIpc) is 3.25. The molecule has 0 spiro atoms. The van der Waals surface area contributed by atoms with Crippen LogP contribution < -0.4 is 19.5 Å². The van der Waals surface area contributed by atoms with Crippen LogP contribution >= 0.6 is 11.3 Å². The summed E-state index contributed by atoms with van der Waals surface area (Å²) >= 11 is 1.05. The van der Waals surface area contributed by atoms with Crippen molar-refractivity contribution in [3.8, 4) is 11.5 Å². The number of nitrogens with two attached hydrogens (primary N) is 1. The van der Waals surface area contributed by atoms with Gasteiger partial charge >= 0.3 is 6.36 Å². The highest BCUT2D eigenvalue weighted by Gasteiger charge is 2.32. The van der Waals surface area contributed by atoms with Crippen molar-refractivity contribution in [3.63, 3.8) is 0 Å². The quantitative estimate of drug-likeness (QED) is 0.520. The number of sulfonamides is 1. The summed E-state index contributed by atoms with van der Waals surface area (Å²) in [6.45, 7) is -0.289. The third kappa shape index (κ3) is 5.29. The molecule has 8 nitrogen and oxygen atoms in total. The third-order valence-electron chi connectivity index (χ3n) is 4.17. The standard InChI is InChI=1S/C19H16F3N3O5S2/c1-29-16-10-14(30-19(20,21)22)5-2-13(16)11-25(18-24-8-9-31-18)32(27,28)15-6-3-12(4-7-15)17(23)26/h2-10H,11H2,1H3,(H2,23,26). The molecule has 0 atom stereocenters. The number of hydrogen-bond acceptors (Lipinski definition) is 7. The molecule has 0 fully saturated rings. The molecular weight excluding hydrogens is 471 g/mol. The van der Waals surface area contributed by atoms with E-state index in [0.29, 0.717) is 0 Å². The minimum atomic E-state index is -4.89. The number of primary amides is 1. The van der Waals surface area contributed by atoms with Crippen LogP contribution in [0.25, 0.3) is 0 Å². The zero-order valence-corrected chi connectivity index (χ0v) is 18.0. The molecule has 1 aromatic heterocycles. The largest absolute Gasteiger partial charge is 0.573 e. The summed E-state index contributed by atoms with van der Waals surface area (Å²) in [5, 5.41) is 1.70. The van der Waals surface area contributed by atoms with E-state index in [1.54, 1.807) is 5.38 Å². The molecule has 0 aliphatic rings. The van der Waals surface area contributed by atoms with Gasteiger partial charge in [0.15, 0.2) is 5.13 Å². The van der Waals surface area contributed by atoms with Gasteiger partial charge in [0.25, 0.3) is 10.0 Å². The number of ether oxygens (including phenoxy) is 2. The minimum absolute atomic E-state index is 0.00687. The Labute approximate surface area is 185 Å².